The van der Waals surface area contributed by atoms with Crippen LogP contribution < -0.4 is 0 Å². The highest BCUT2D eigenvalue weighted by Crippen LogP contribution is 2.29. The Morgan fingerprint density at radius 2 is 2.20 bits per heavy atom. The first-order valence-electron chi connectivity index (χ1n) is 1.62. The average Bonchev–Trinajstić information content (AvgIpc) is 1.79. The van der Waals surface area contributed by atoms with Crippen molar-refractivity contribution in [1.29, 1.82) is 0 Å². The Hall–Kier alpha value is -0.330. The molecule has 0 aromatic heterocycles. The third-order valence-electron chi connectivity index (χ3n) is 0.724. The van der Waals surface area contributed by atoms with Gasteiger partial charge < -0.3 is 0 Å². The lowest BCUT2D eigenvalue weighted by molar-refractivity contribution is 0.495. The molecule has 1 heteroatoms. The van der Waals surface area contributed by atoms with Gasteiger partial charge in [-0.2, -0.15) is 0 Å². The normalized spacial score (nSPS) is 34.6. The number of halogens is 1. The van der Waals surface area contributed by atoms with Crippen molar-refractivity contribution in [2.45, 2.75) is 12.6 Å². The summed E-state index contributed by atoms with van der Waals surface area (Å²) in [6.07, 6.45) is -0.0324. The molecular formula is C4H5F. The largest absolute Gasteiger partial charge is 0.242 e. The fraction of sp³-hybridized carbons (Fsp3) is 0.500. The Morgan fingerprint density at radius 3 is 2.20 bits per heavy atom. The molecule has 1 atom stereocenters. The third kappa shape index (κ3) is 0.318. The zero-order chi connectivity index (χ0) is 3.86. The van der Waals surface area contributed by atoms with Crippen LogP contribution in [0.25, 0.3) is 0 Å². The van der Waals surface area contributed by atoms with Gasteiger partial charge in [-0.15, -0.1) is 0 Å². The summed E-state index contributed by atoms with van der Waals surface area (Å²) in [7, 11) is 0. The van der Waals surface area contributed by atoms with Gasteiger partial charge in [-0.25, -0.2) is 4.39 Å². The molecule has 1 saturated carbocycles. The van der Waals surface area contributed by atoms with Crippen molar-refractivity contribution < 1.29 is 4.39 Å². The van der Waals surface area contributed by atoms with Gasteiger partial charge in [-0.3, -0.25) is 0 Å². The van der Waals surface area contributed by atoms with E-state index in [-0.39, 0.29) is 0 Å². The zero-order valence-corrected chi connectivity index (χ0v) is 2.87. The van der Waals surface area contributed by atoms with Crippen molar-refractivity contribution in [3.63, 3.8) is 0 Å². The Balaban J connectivity index is 2.47. The monoisotopic (exact) mass is 72.0 g/mol. The van der Waals surface area contributed by atoms with E-state index >= 15 is 0 Å². The number of rotatable bonds is 0. The molecule has 0 N–H and O–H groups in total. The first-order chi connectivity index (χ1) is 2.30. The predicted molar refractivity (Wildman–Crippen MR) is 18.7 cm³/mol. The summed E-state index contributed by atoms with van der Waals surface area (Å²) in [5, 5.41) is 0. The summed E-state index contributed by atoms with van der Waals surface area (Å²) in [6.45, 7) is 3.37. The number of hydrogen-bond acceptors (Lipinski definition) is 0. The maximum Gasteiger partial charge on any atom is 0.125 e. The van der Waals surface area contributed by atoms with E-state index in [9.17, 15) is 4.39 Å². The summed E-state index contributed by atoms with van der Waals surface area (Å²) in [6, 6.07) is 0. The Morgan fingerprint density at radius 1 is 2.00 bits per heavy atom. The summed E-state index contributed by atoms with van der Waals surface area (Å²) in [4.78, 5) is 0. The first kappa shape index (κ1) is 2.88. The van der Waals surface area contributed by atoms with Gasteiger partial charge in [0.05, 0.1) is 0 Å². The topological polar surface area (TPSA) is 0 Å². The summed E-state index contributed by atoms with van der Waals surface area (Å²) >= 11 is 0. The van der Waals surface area contributed by atoms with Gasteiger partial charge in [0.2, 0.25) is 0 Å². The molecule has 0 heterocycles. The van der Waals surface area contributed by atoms with Crippen LogP contribution in [0.15, 0.2) is 12.2 Å². The van der Waals surface area contributed by atoms with E-state index in [1.807, 2.05) is 0 Å². The summed E-state index contributed by atoms with van der Waals surface area (Å²) in [5.74, 6) is 0. The highest BCUT2D eigenvalue weighted by atomic mass is 19.1. The molecule has 0 spiro atoms. The number of allylic oxidation sites excluding steroid dienone is 1. The van der Waals surface area contributed by atoms with E-state index in [4.69, 9.17) is 0 Å². The van der Waals surface area contributed by atoms with Crippen LogP contribution in [-0.4, -0.2) is 6.17 Å². The SMILES string of the molecule is C=C1C[C@@H]1F. The number of hydrogen-bond donors (Lipinski definition) is 0. The van der Waals surface area contributed by atoms with Crippen molar-refractivity contribution in [3.8, 4) is 0 Å². The molecule has 0 radical (unpaired) electrons. The molecular weight excluding hydrogens is 67.0 g/mol. The molecule has 0 aliphatic heterocycles. The van der Waals surface area contributed by atoms with Crippen LogP contribution in [-0.2, 0) is 0 Å². The van der Waals surface area contributed by atoms with Crippen LogP contribution >= 0.6 is 0 Å². The van der Waals surface area contributed by atoms with E-state index in [1.54, 1.807) is 0 Å². The fourth-order valence-electron chi connectivity index (χ4n) is 0.171. The minimum absolute atomic E-state index is 0.611. The van der Waals surface area contributed by atoms with E-state index in [0.717, 1.165) is 5.57 Å². The van der Waals surface area contributed by atoms with E-state index in [2.05, 4.69) is 6.58 Å². The van der Waals surface area contributed by atoms with E-state index < -0.39 is 6.17 Å². The molecule has 0 amide bonds. The maximum atomic E-state index is 11.4. The summed E-state index contributed by atoms with van der Waals surface area (Å²) in [5.41, 5.74) is 0.755. The standard InChI is InChI=1S/C4H5F/c1-3-2-4(3)5/h4H,1-2H2/t4-/m0/s1. The van der Waals surface area contributed by atoms with Crippen LogP contribution in [0.4, 0.5) is 4.39 Å². The Bertz CT molecular complexity index is 66.0. The van der Waals surface area contributed by atoms with Crippen LogP contribution in [0.5, 0.6) is 0 Å². The Labute approximate surface area is 30.3 Å². The van der Waals surface area contributed by atoms with Crippen LogP contribution in [0, 0.1) is 0 Å². The first-order valence-corrected chi connectivity index (χ1v) is 1.62. The molecule has 0 nitrogen and oxygen atoms in total. The predicted octanol–water partition coefficient (Wildman–Crippen LogP) is 1.28. The van der Waals surface area contributed by atoms with Gasteiger partial charge in [0.1, 0.15) is 6.17 Å². The van der Waals surface area contributed by atoms with Crippen LogP contribution in [0.1, 0.15) is 6.42 Å². The van der Waals surface area contributed by atoms with Crippen molar-refractivity contribution in [2.75, 3.05) is 0 Å². The van der Waals surface area contributed by atoms with Gasteiger partial charge in [-0.1, -0.05) is 6.58 Å². The van der Waals surface area contributed by atoms with Crippen molar-refractivity contribution in [1.82, 2.24) is 0 Å². The maximum absolute atomic E-state index is 11.4. The molecule has 1 fully saturated rings. The van der Waals surface area contributed by atoms with Crippen molar-refractivity contribution in [3.05, 3.63) is 12.2 Å². The molecule has 1 aliphatic carbocycles. The second kappa shape index (κ2) is 0.588. The van der Waals surface area contributed by atoms with Gasteiger partial charge in [0.15, 0.2) is 0 Å². The Kier molecular flexibility index (Phi) is 0.339. The third-order valence-corrected chi connectivity index (χ3v) is 0.724. The van der Waals surface area contributed by atoms with Gasteiger partial charge in [-0.05, 0) is 5.57 Å². The lowest BCUT2D eigenvalue weighted by atomic mass is 10.7. The fourth-order valence-corrected chi connectivity index (χ4v) is 0.171. The van der Waals surface area contributed by atoms with Gasteiger partial charge in [0, 0.05) is 6.42 Å². The highest BCUT2D eigenvalue weighted by molar-refractivity contribution is 5.20. The lowest BCUT2D eigenvalue weighted by Gasteiger charge is -1.54. The van der Waals surface area contributed by atoms with E-state index in [0.29, 0.717) is 6.42 Å². The molecule has 0 bridgehead atoms. The van der Waals surface area contributed by atoms with Crippen molar-refractivity contribution >= 4 is 0 Å². The second-order valence-electron chi connectivity index (χ2n) is 1.33. The molecule has 0 aromatic carbocycles. The van der Waals surface area contributed by atoms with Gasteiger partial charge in [0.25, 0.3) is 0 Å². The lowest BCUT2D eigenvalue weighted by Crippen LogP contribution is -1.52. The molecule has 0 saturated heterocycles. The van der Waals surface area contributed by atoms with Gasteiger partial charge >= 0.3 is 0 Å². The highest BCUT2D eigenvalue weighted by Gasteiger charge is 2.25. The zero-order valence-electron chi connectivity index (χ0n) is 2.87. The minimum atomic E-state index is -0.644. The van der Waals surface area contributed by atoms with Crippen LogP contribution in [0.3, 0.4) is 0 Å². The van der Waals surface area contributed by atoms with Crippen LogP contribution in [0.2, 0.25) is 0 Å². The molecule has 28 valence electrons. The quantitative estimate of drug-likeness (QED) is 0.378. The smallest absolute Gasteiger partial charge is 0.125 e. The van der Waals surface area contributed by atoms with E-state index in [1.165, 1.54) is 0 Å². The molecule has 0 aromatic rings. The molecule has 0 unspecified atom stereocenters. The number of alkyl halides is 1. The minimum Gasteiger partial charge on any atom is -0.242 e. The van der Waals surface area contributed by atoms with Crippen molar-refractivity contribution in [2.24, 2.45) is 0 Å². The molecule has 1 aliphatic rings. The molecule has 5 heavy (non-hydrogen) atoms. The molecule has 1 rings (SSSR count). The second-order valence-corrected chi connectivity index (χ2v) is 1.33. The summed E-state index contributed by atoms with van der Waals surface area (Å²) < 4.78 is 11.4. The average molecular weight is 72.1 g/mol.